The third-order valence-electron chi connectivity index (χ3n) is 4.08. The first-order valence-electron chi connectivity index (χ1n) is 9.33. The molecule has 0 radical (unpaired) electrons. The number of ether oxygens (including phenoxy) is 1. The number of hydrogen-bond donors (Lipinski definition) is 2. The Morgan fingerprint density at radius 2 is 1.52 bits per heavy atom. The zero-order valence-electron chi connectivity index (χ0n) is 16.3. The number of rotatable bonds is 8. The number of para-hydroxylation sites is 1. The van der Waals surface area contributed by atoms with Gasteiger partial charge in [-0.3, -0.25) is 9.59 Å². The van der Waals surface area contributed by atoms with Crippen LogP contribution >= 0.6 is 0 Å². The van der Waals surface area contributed by atoms with Crippen LogP contribution in [0.25, 0.3) is 0 Å². The molecule has 8 heteroatoms. The van der Waals surface area contributed by atoms with Crippen molar-refractivity contribution in [3.63, 3.8) is 0 Å². The summed E-state index contributed by atoms with van der Waals surface area (Å²) in [5.41, 5.74) is 4.06. The van der Waals surface area contributed by atoms with E-state index in [4.69, 9.17) is 4.74 Å². The van der Waals surface area contributed by atoms with Crippen molar-refractivity contribution in [2.45, 2.75) is 6.42 Å². The maximum Gasteiger partial charge on any atom is 0.262 e. The van der Waals surface area contributed by atoms with Crippen LogP contribution in [0.5, 0.6) is 5.75 Å². The monoisotopic (exact) mass is 423 g/mol. The quantitative estimate of drug-likeness (QED) is 0.429. The van der Waals surface area contributed by atoms with Crippen LogP contribution in [0, 0.1) is 11.6 Å². The summed E-state index contributed by atoms with van der Waals surface area (Å²) in [6, 6.07) is 17.9. The van der Waals surface area contributed by atoms with E-state index in [-0.39, 0.29) is 24.8 Å². The number of amides is 2. The predicted molar refractivity (Wildman–Crippen MR) is 113 cm³/mol. The van der Waals surface area contributed by atoms with Crippen LogP contribution < -0.4 is 15.5 Å². The lowest BCUT2D eigenvalue weighted by Gasteiger charge is -2.09. The summed E-state index contributed by atoms with van der Waals surface area (Å²) in [6.07, 6.45) is 1.45. The number of carbonyl (C=O) groups is 2. The van der Waals surface area contributed by atoms with Gasteiger partial charge in [0.2, 0.25) is 5.91 Å². The molecule has 0 spiro atoms. The lowest BCUT2D eigenvalue weighted by molar-refractivity contribution is -0.120. The highest BCUT2D eigenvalue weighted by atomic mass is 19.1. The number of halogens is 2. The van der Waals surface area contributed by atoms with Gasteiger partial charge in [0.15, 0.2) is 6.61 Å². The largest absolute Gasteiger partial charge is 0.483 e. The fourth-order valence-electron chi connectivity index (χ4n) is 2.59. The predicted octanol–water partition coefficient (Wildman–Crippen LogP) is 3.68. The molecule has 31 heavy (non-hydrogen) atoms. The van der Waals surface area contributed by atoms with E-state index in [9.17, 15) is 18.4 Å². The molecule has 0 saturated carbocycles. The average Bonchev–Trinajstić information content (AvgIpc) is 2.76. The van der Waals surface area contributed by atoms with Crippen molar-refractivity contribution in [1.82, 2.24) is 5.43 Å². The highest BCUT2D eigenvalue weighted by Crippen LogP contribution is 2.16. The zero-order chi connectivity index (χ0) is 22.1. The first-order chi connectivity index (χ1) is 15.0. The molecule has 158 valence electrons. The van der Waals surface area contributed by atoms with E-state index >= 15 is 0 Å². The van der Waals surface area contributed by atoms with Gasteiger partial charge < -0.3 is 10.1 Å². The molecule has 0 aliphatic carbocycles. The Hall–Kier alpha value is -4.07. The molecule has 0 fully saturated rings. The number of carbonyl (C=O) groups excluding carboxylic acids is 2. The second kappa shape index (κ2) is 10.6. The molecule has 3 aromatic rings. The second-order valence-electron chi connectivity index (χ2n) is 6.48. The van der Waals surface area contributed by atoms with Crippen molar-refractivity contribution in [3.05, 3.63) is 95.6 Å². The Morgan fingerprint density at radius 1 is 0.871 bits per heavy atom. The Morgan fingerprint density at radius 3 is 2.23 bits per heavy atom. The molecule has 3 rings (SSSR count). The number of hydrazone groups is 1. The summed E-state index contributed by atoms with van der Waals surface area (Å²) >= 11 is 0. The minimum Gasteiger partial charge on any atom is -0.483 e. The molecule has 0 unspecified atom stereocenters. The van der Waals surface area contributed by atoms with Crippen molar-refractivity contribution in [3.8, 4) is 5.75 Å². The van der Waals surface area contributed by atoms with Gasteiger partial charge in [-0.15, -0.1) is 0 Å². The van der Waals surface area contributed by atoms with Crippen molar-refractivity contribution in [2.24, 2.45) is 5.10 Å². The Balaban J connectivity index is 1.52. The molecule has 0 aromatic heterocycles. The number of hydrogen-bond acceptors (Lipinski definition) is 4. The first-order valence-corrected chi connectivity index (χ1v) is 9.33. The van der Waals surface area contributed by atoms with Crippen molar-refractivity contribution in [2.75, 3.05) is 11.9 Å². The van der Waals surface area contributed by atoms with E-state index in [2.05, 4.69) is 15.8 Å². The minimum atomic E-state index is -0.411. The Labute approximate surface area is 177 Å². The average molecular weight is 423 g/mol. The van der Waals surface area contributed by atoms with Crippen LogP contribution in [-0.4, -0.2) is 24.6 Å². The van der Waals surface area contributed by atoms with Gasteiger partial charge in [-0.05, 0) is 54.1 Å². The lowest BCUT2D eigenvalue weighted by Crippen LogP contribution is -2.21. The van der Waals surface area contributed by atoms with Gasteiger partial charge in [0, 0.05) is 11.3 Å². The summed E-state index contributed by atoms with van der Waals surface area (Å²) in [7, 11) is 0. The first kappa shape index (κ1) is 21.6. The molecule has 0 heterocycles. The Bertz CT molecular complexity index is 1070. The molecule has 0 atom stereocenters. The van der Waals surface area contributed by atoms with Crippen LogP contribution in [0.2, 0.25) is 0 Å². The highest BCUT2D eigenvalue weighted by Gasteiger charge is 2.07. The second-order valence-corrected chi connectivity index (χ2v) is 6.48. The summed E-state index contributed by atoms with van der Waals surface area (Å²) in [6.45, 7) is -0.265. The molecule has 2 N–H and O–H groups in total. The molecule has 0 aliphatic heterocycles. The van der Waals surface area contributed by atoms with Crippen LogP contribution in [0.1, 0.15) is 11.1 Å². The summed E-state index contributed by atoms with van der Waals surface area (Å²) in [5.74, 6) is -1.14. The molecular weight excluding hydrogens is 404 g/mol. The summed E-state index contributed by atoms with van der Waals surface area (Å²) < 4.78 is 31.4. The fraction of sp³-hybridized carbons (Fsp3) is 0.0870. The molecule has 2 amide bonds. The standard InChI is InChI=1S/C23H19F2N3O3/c24-18-7-5-16(6-8-18)13-22(29)28-26-14-17-3-1-2-4-21(17)31-15-23(30)27-20-11-9-19(25)10-12-20/h1-12,14H,13,15H2,(H,27,30)(H,28,29)/b26-14+. The molecule has 0 saturated heterocycles. The van der Waals surface area contributed by atoms with Crippen LogP contribution in [0.3, 0.4) is 0 Å². The fourth-order valence-corrected chi connectivity index (χ4v) is 2.59. The van der Waals surface area contributed by atoms with Crippen LogP contribution in [0.15, 0.2) is 77.9 Å². The van der Waals surface area contributed by atoms with E-state index in [0.29, 0.717) is 22.6 Å². The third kappa shape index (κ3) is 7.04. The van der Waals surface area contributed by atoms with Gasteiger partial charge in [0.1, 0.15) is 17.4 Å². The summed E-state index contributed by atoms with van der Waals surface area (Å²) in [5, 5.41) is 6.50. The van der Waals surface area contributed by atoms with Gasteiger partial charge in [0.05, 0.1) is 12.6 Å². The zero-order valence-corrected chi connectivity index (χ0v) is 16.3. The molecule has 6 nitrogen and oxygen atoms in total. The number of nitrogens with zero attached hydrogens (tertiary/aromatic N) is 1. The van der Waals surface area contributed by atoms with Gasteiger partial charge >= 0.3 is 0 Å². The Kier molecular flexibility index (Phi) is 7.42. The maximum absolute atomic E-state index is 12.9. The van der Waals surface area contributed by atoms with E-state index in [1.165, 1.54) is 54.7 Å². The number of anilines is 1. The van der Waals surface area contributed by atoms with Crippen LogP contribution in [0.4, 0.5) is 14.5 Å². The van der Waals surface area contributed by atoms with Gasteiger partial charge in [-0.2, -0.15) is 5.10 Å². The summed E-state index contributed by atoms with van der Waals surface area (Å²) in [4.78, 5) is 24.0. The molecule has 0 bridgehead atoms. The normalized spacial score (nSPS) is 10.6. The van der Waals surface area contributed by atoms with Gasteiger partial charge in [-0.1, -0.05) is 24.3 Å². The van der Waals surface area contributed by atoms with Crippen molar-refractivity contribution >= 4 is 23.7 Å². The third-order valence-corrected chi connectivity index (χ3v) is 4.08. The molecule has 0 aliphatic rings. The molecular formula is C23H19F2N3O3. The van der Waals surface area contributed by atoms with Crippen molar-refractivity contribution < 1.29 is 23.1 Å². The minimum absolute atomic E-state index is 0.0549. The SMILES string of the molecule is O=C(Cc1ccc(F)cc1)N/N=C/c1ccccc1OCC(=O)Nc1ccc(F)cc1. The van der Waals surface area contributed by atoms with Crippen molar-refractivity contribution in [1.29, 1.82) is 0 Å². The van der Waals surface area contributed by atoms with Gasteiger partial charge in [0.25, 0.3) is 5.91 Å². The maximum atomic E-state index is 12.9. The number of benzene rings is 3. The lowest BCUT2D eigenvalue weighted by atomic mass is 10.1. The smallest absolute Gasteiger partial charge is 0.262 e. The van der Waals surface area contributed by atoms with E-state index < -0.39 is 11.7 Å². The van der Waals surface area contributed by atoms with Gasteiger partial charge in [-0.25, -0.2) is 14.2 Å². The molecule has 3 aromatic carbocycles. The van der Waals surface area contributed by atoms with E-state index in [1.807, 2.05) is 0 Å². The van der Waals surface area contributed by atoms with E-state index in [1.54, 1.807) is 24.3 Å². The highest BCUT2D eigenvalue weighted by molar-refractivity contribution is 5.92. The van der Waals surface area contributed by atoms with Crippen LogP contribution in [-0.2, 0) is 16.0 Å². The topological polar surface area (TPSA) is 79.8 Å². The number of nitrogens with one attached hydrogen (secondary N) is 2. The van der Waals surface area contributed by atoms with E-state index in [0.717, 1.165) is 0 Å².